The number of Topliss-reactive ketones (excluding diaryl/α,β-unsaturated/α-hetero) is 1. The Morgan fingerprint density at radius 1 is 0.824 bits per heavy atom. The van der Waals surface area contributed by atoms with Gasteiger partial charge in [-0.3, -0.25) is 8.98 Å². The molecule has 1 unspecified atom stereocenters. The van der Waals surface area contributed by atoms with Crippen molar-refractivity contribution >= 4 is 16.1 Å². The summed E-state index contributed by atoms with van der Waals surface area (Å²) < 4.78 is 32.2. The van der Waals surface area contributed by atoms with Crippen LogP contribution in [-0.4, -0.2) is 32.5 Å². The lowest BCUT2D eigenvalue weighted by Gasteiger charge is -2.27. The molecule has 7 heteroatoms. The van der Waals surface area contributed by atoms with Crippen molar-refractivity contribution in [1.29, 1.82) is 0 Å². The second-order valence-electron chi connectivity index (χ2n) is 8.71. The number of benzene rings is 2. The minimum atomic E-state index is -4.11. The van der Waals surface area contributed by atoms with Crippen molar-refractivity contribution < 1.29 is 22.5 Å². The van der Waals surface area contributed by atoms with Crippen LogP contribution in [0.3, 0.4) is 0 Å². The molecule has 0 fully saturated rings. The average Bonchev–Trinajstić information content (AvgIpc) is 2.86. The van der Waals surface area contributed by atoms with Crippen molar-refractivity contribution in [2.45, 2.75) is 76.7 Å². The SMILES string of the molecule is CCCCCCCCCCCCNS(=O)(=O)OCC(O)(C(=O)c1ccccc1)c1ccccc1. The highest BCUT2D eigenvalue weighted by atomic mass is 32.2. The molecule has 188 valence electrons. The average molecular weight is 490 g/mol. The Labute approximate surface area is 205 Å². The molecule has 2 aromatic carbocycles. The molecule has 1 atom stereocenters. The molecule has 2 rings (SSSR count). The molecule has 34 heavy (non-hydrogen) atoms. The van der Waals surface area contributed by atoms with Crippen LogP contribution in [0.25, 0.3) is 0 Å². The van der Waals surface area contributed by atoms with Crippen LogP contribution in [0.1, 0.15) is 87.1 Å². The largest absolute Gasteiger partial charge is 0.375 e. The first-order valence-corrected chi connectivity index (χ1v) is 13.8. The van der Waals surface area contributed by atoms with Gasteiger partial charge in [0.1, 0.15) is 6.61 Å². The minimum Gasteiger partial charge on any atom is -0.375 e. The monoisotopic (exact) mass is 489 g/mol. The molecule has 0 aromatic heterocycles. The molecule has 0 amide bonds. The lowest BCUT2D eigenvalue weighted by atomic mass is 9.86. The fraction of sp³-hybridized carbons (Fsp3) is 0.519. The summed E-state index contributed by atoms with van der Waals surface area (Å²) in [4.78, 5) is 13.1. The van der Waals surface area contributed by atoms with Crippen LogP contribution >= 0.6 is 0 Å². The quantitative estimate of drug-likeness (QED) is 0.212. The first-order valence-electron chi connectivity index (χ1n) is 12.4. The number of nitrogens with one attached hydrogen (secondary N) is 1. The van der Waals surface area contributed by atoms with Gasteiger partial charge in [0.05, 0.1) is 0 Å². The highest BCUT2D eigenvalue weighted by molar-refractivity contribution is 7.84. The summed E-state index contributed by atoms with van der Waals surface area (Å²) in [6.07, 6.45) is 11.6. The molecular formula is C27H39NO5S. The van der Waals surface area contributed by atoms with Gasteiger partial charge in [-0.25, -0.2) is 0 Å². The molecule has 2 N–H and O–H groups in total. The van der Waals surface area contributed by atoms with Gasteiger partial charge in [-0.2, -0.15) is 13.1 Å². The van der Waals surface area contributed by atoms with Gasteiger partial charge < -0.3 is 5.11 Å². The number of carbonyl (C=O) groups excluding carboxylic acids is 1. The van der Waals surface area contributed by atoms with E-state index in [2.05, 4.69) is 11.6 Å². The minimum absolute atomic E-state index is 0.259. The Bertz CT molecular complexity index is 934. The van der Waals surface area contributed by atoms with Gasteiger partial charge in [0.15, 0.2) is 5.60 Å². The molecule has 0 aliphatic carbocycles. The third-order valence-electron chi connectivity index (χ3n) is 5.90. The number of carbonyl (C=O) groups is 1. The standard InChI is InChI=1S/C27H39NO5S/c1-2-3-4-5-6-7-8-9-10-17-22-28-34(31,32)33-23-27(30,25-20-15-12-16-21-25)26(29)24-18-13-11-14-19-24/h11-16,18-21,28,30H,2-10,17,22-23H2,1H3. The lowest BCUT2D eigenvalue weighted by Crippen LogP contribution is -2.42. The molecule has 0 aliphatic heterocycles. The number of ketones is 1. The summed E-state index contributed by atoms with van der Waals surface area (Å²) in [5.41, 5.74) is -1.59. The Kier molecular flexibility index (Phi) is 12.5. The molecule has 0 bridgehead atoms. The number of unbranched alkanes of at least 4 members (excludes halogenated alkanes) is 9. The van der Waals surface area contributed by atoms with Gasteiger partial charge in [0.25, 0.3) is 0 Å². The van der Waals surface area contributed by atoms with Gasteiger partial charge >= 0.3 is 10.3 Å². The van der Waals surface area contributed by atoms with E-state index in [1.54, 1.807) is 60.7 Å². The Morgan fingerprint density at radius 2 is 1.32 bits per heavy atom. The van der Waals surface area contributed by atoms with Crippen molar-refractivity contribution in [3.8, 4) is 0 Å². The van der Waals surface area contributed by atoms with Gasteiger partial charge in [0.2, 0.25) is 5.78 Å². The van der Waals surface area contributed by atoms with E-state index in [1.165, 1.54) is 44.9 Å². The lowest BCUT2D eigenvalue weighted by molar-refractivity contribution is 0.00375. The van der Waals surface area contributed by atoms with E-state index in [4.69, 9.17) is 4.18 Å². The van der Waals surface area contributed by atoms with E-state index in [-0.39, 0.29) is 17.7 Å². The molecule has 0 saturated carbocycles. The van der Waals surface area contributed by atoms with Crippen LogP contribution in [0.15, 0.2) is 60.7 Å². The van der Waals surface area contributed by atoms with Crippen molar-refractivity contribution in [3.63, 3.8) is 0 Å². The Balaban J connectivity index is 1.81. The van der Waals surface area contributed by atoms with Crippen LogP contribution in [-0.2, 0) is 20.1 Å². The summed E-state index contributed by atoms with van der Waals surface area (Å²) in [6, 6.07) is 16.5. The number of rotatable bonds is 18. The molecule has 6 nitrogen and oxygen atoms in total. The highest BCUT2D eigenvalue weighted by Gasteiger charge is 2.40. The molecule has 0 radical (unpaired) electrons. The first-order chi connectivity index (χ1) is 16.4. The van der Waals surface area contributed by atoms with Crippen LogP contribution in [0.4, 0.5) is 0 Å². The molecule has 0 saturated heterocycles. The molecular weight excluding hydrogens is 450 g/mol. The first kappa shape index (κ1) is 28.2. The summed E-state index contributed by atoms with van der Waals surface area (Å²) in [5, 5.41) is 11.3. The maximum Gasteiger partial charge on any atom is 0.335 e. The van der Waals surface area contributed by atoms with E-state index < -0.39 is 28.3 Å². The Morgan fingerprint density at radius 3 is 1.88 bits per heavy atom. The van der Waals surface area contributed by atoms with Crippen molar-refractivity contribution in [2.75, 3.05) is 13.2 Å². The summed E-state index contributed by atoms with van der Waals surface area (Å²) in [7, 11) is -4.11. The van der Waals surface area contributed by atoms with Gasteiger partial charge in [-0.1, -0.05) is 125 Å². The molecule has 0 spiro atoms. The fourth-order valence-electron chi connectivity index (χ4n) is 3.84. The van der Waals surface area contributed by atoms with Crippen molar-refractivity contribution in [3.05, 3.63) is 71.8 Å². The van der Waals surface area contributed by atoms with Crippen molar-refractivity contribution in [1.82, 2.24) is 4.72 Å². The van der Waals surface area contributed by atoms with Gasteiger partial charge in [-0.05, 0) is 12.0 Å². The number of hydrogen-bond acceptors (Lipinski definition) is 5. The van der Waals surface area contributed by atoms with Crippen LogP contribution in [0.5, 0.6) is 0 Å². The topological polar surface area (TPSA) is 92.7 Å². The summed E-state index contributed by atoms with van der Waals surface area (Å²) in [5.74, 6) is -0.621. The van der Waals surface area contributed by atoms with Crippen molar-refractivity contribution in [2.24, 2.45) is 0 Å². The fourth-order valence-corrected chi connectivity index (χ4v) is 4.64. The van der Waals surface area contributed by atoms with Crippen LogP contribution < -0.4 is 4.72 Å². The van der Waals surface area contributed by atoms with E-state index in [1.807, 2.05) is 0 Å². The Hall–Kier alpha value is -2.06. The van der Waals surface area contributed by atoms with E-state index in [0.717, 1.165) is 12.8 Å². The van der Waals surface area contributed by atoms with E-state index >= 15 is 0 Å². The van der Waals surface area contributed by atoms with Gasteiger partial charge in [0, 0.05) is 12.1 Å². The van der Waals surface area contributed by atoms with Gasteiger partial charge in [-0.15, -0.1) is 0 Å². The normalized spacial score (nSPS) is 13.5. The van der Waals surface area contributed by atoms with E-state index in [9.17, 15) is 18.3 Å². The molecule has 2 aromatic rings. The maximum absolute atomic E-state index is 13.1. The predicted molar refractivity (Wildman–Crippen MR) is 136 cm³/mol. The zero-order valence-electron chi connectivity index (χ0n) is 20.2. The van der Waals surface area contributed by atoms with Crippen LogP contribution in [0.2, 0.25) is 0 Å². The number of aliphatic hydroxyl groups is 1. The molecule has 0 heterocycles. The zero-order valence-corrected chi connectivity index (χ0v) is 21.1. The van der Waals surface area contributed by atoms with E-state index in [0.29, 0.717) is 6.42 Å². The second kappa shape index (κ2) is 15.0. The second-order valence-corrected chi connectivity index (χ2v) is 10.1. The number of hydrogen-bond donors (Lipinski definition) is 2. The maximum atomic E-state index is 13.1. The molecule has 0 aliphatic rings. The zero-order chi connectivity index (χ0) is 24.7. The predicted octanol–water partition coefficient (Wildman–Crippen LogP) is 5.53. The summed E-state index contributed by atoms with van der Waals surface area (Å²) >= 11 is 0. The smallest absolute Gasteiger partial charge is 0.335 e. The highest BCUT2D eigenvalue weighted by Crippen LogP contribution is 2.27. The van der Waals surface area contributed by atoms with Crippen LogP contribution in [0, 0.1) is 0 Å². The third kappa shape index (κ3) is 9.66. The third-order valence-corrected chi connectivity index (χ3v) is 6.88. The summed E-state index contributed by atoms with van der Waals surface area (Å²) in [6.45, 7) is 1.76.